The maximum absolute atomic E-state index is 15.1. The highest BCUT2D eigenvalue weighted by molar-refractivity contribution is 6.30. The van der Waals surface area contributed by atoms with Crippen LogP contribution in [0.1, 0.15) is 59.3 Å². The average Bonchev–Trinajstić information content (AvgIpc) is 3.32. The number of amides is 1. The van der Waals surface area contributed by atoms with Gasteiger partial charge in [-0.15, -0.1) is 0 Å². The molecule has 4 aliphatic rings. The second-order valence-corrected chi connectivity index (χ2v) is 12.8. The summed E-state index contributed by atoms with van der Waals surface area (Å²) in [4.78, 5) is 32.7. The molecule has 2 aromatic rings. The van der Waals surface area contributed by atoms with Gasteiger partial charge in [-0.1, -0.05) is 11.6 Å². The molecule has 0 radical (unpaired) electrons. The molecule has 2 atom stereocenters. The Morgan fingerprint density at radius 1 is 1.16 bits per heavy atom. The Hall–Kier alpha value is -2.46. The molecule has 38 heavy (non-hydrogen) atoms. The van der Waals surface area contributed by atoms with Crippen molar-refractivity contribution in [3.63, 3.8) is 0 Å². The second kappa shape index (κ2) is 9.62. The second-order valence-electron chi connectivity index (χ2n) is 12.4. The van der Waals surface area contributed by atoms with Gasteiger partial charge in [0, 0.05) is 31.2 Å². The molecular weight excluding hydrogens is 511 g/mol. The zero-order chi connectivity index (χ0) is 26.7. The monoisotopic (exact) mass is 546 g/mol. The number of likely N-dealkylation sites (tertiary alicyclic amines) is 1. The van der Waals surface area contributed by atoms with Crippen LogP contribution in [-0.4, -0.2) is 87.9 Å². The van der Waals surface area contributed by atoms with Crippen molar-refractivity contribution < 1.29 is 18.7 Å². The first-order valence-electron chi connectivity index (χ1n) is 13.7. The summed E-state index contributed by atoms with van der Waals surface area (Å²) < 4.78 is 27.0. The number of aromatic nitrogens is 3. The molecule has 1 amide bonds. The largest absolute Gasteiger partial charge is 0.463 e. The molecule has 2 bridgehead atoms. The number of halogens is 2. The molecule has 0 aromatic carbocycles. The van der Waals surface area contributed by atoms with E-state index < -0.39 is 11.4 Å². The van der Waals surface area contributed by atoms with Gasteiger partial charge in [0.25, 0.3) is 0 Å². The number of carbonyl (C=O) groups excluding carboxylic acids is 1. The van der Waals surface area contributed by atoms with E-state index in [0.29, 0.717) is 30.9 Å². The van der Waals surface area contributed by atoms with Crippen molar-refractivity contribution in [2.45, 2.75) is 77.0 Å². The summed E-state index contributed by atoms with van der Waals surface area (Å²) in [7, 11) is 0. The van der Waals surface area contributed by atoms with Crippen molar-refractivity contribution in [2.75, 3.05) is 44.2 Å². The first kappa shape index (κ1) is 25.8. The van der Waals surface area contributed by atoms with Crippen LogP contribution in [0.15, 0.2) is 6.20 Å². The van der Waals surface area contributed by atoms with Crippen LogP contribution in [-0.2, 0) is 4.74 Å². The Balaban J connectivity index is 1.25. The first-order valence-corrected chi connectivity index (χ1v) is 14.1. The minimum absolute atomic E-state index is 0.0155. The summed E-state index contributed by atoms with van der Waals surface area (Å²) in [6.45, 7) is 10.6. The Morgan fingerprint density at radius 2 is 1.84 bits per heavy atom. The number of piperazine rings is 1. The molecule has 9 nitrogen and oxygen atoms in total. The molecule has 11 heteroatoms. The van der Waals surface area contributed by atoms with Gasteiger partial charge >= 0.3 is 12.1 Å². The van der Waals surface area contributed by atoms with E-state index >= 15 is 4.39 Å². The first-order chi connectivity index (χ1) is 18.1. The number of ether oxygens (including phenoxy) is 2. The van der Waals surface area contributed by atoms with Crippen LogP contribution >= 0.6 is 11.6 Å². The third-order valence-corrected chi connectivity index (χ3v) is 8.47. The molecule has 5 heterocycles. The van der Waals surface area contributed by atoms with Crippen LogP contribution in [0, 0.1) is 11.2 Å². The SMILES string of the molecule is CC(C)(C)OC(=O)N1[C@@H]2CC[C@H]1CN(c1nc(OCC3(CN4CCCC4)CC3)nc3c(F)c(Cl)ncc13)C2. The van der Waals surface area contributed by atoms with Gasteiger partial charge in [-0.05, 0) is 72.4 Å². The topological polar surface area (TPSA) is 83.9 Å². The number of fused-ring (bicyclic) bond motifs is 3. The Morgan fingerprint density at radius 3 is 2.47 bits per heavy atom. The summed E-state index contributed by atoms with van der Waals surface area (Å²) in [6.07, 6.45) is 7.74. The number of rotatable bonds is 6. The third-order valence-electron chi connectivity index (χ3n) is 8.21. The number of carbonyl (C=O) groups is 1. The summed E-state index contributed by atoms with van der Waals surface area (Å²) in [5.41, 5.74) is -0.328. The van der Waals surface area contributed by atoms with E-state index in [1.54, 1.807) is 0 Å². The van der Waals surface area contributed by atoms with E-state index in [1.807, 2.05) is 25.7 Å². The van der Waals surface area contributed by atoms with E-state index in [4.69, 9.17) is 26.1 Å². The molecule has 0 N–H and O–H groups in total. The quantitative estimate of drug-likeness (QED) is 0.484. The lowest BCUT2D eigenvalue weighted by atomic mass is 10.1. The Bertz CT molecular complexity index is 1220. The number of pyridine rings is 1. The van der Waals surface area contributed by atoms with Gasteiger partial charge < -0.3 is 19.3 Å². The van der Waals surface area contributed by atoms with Gasteiger partial charge in [0.2, 0.25) is 0 Å². The normalized spacial score (nSPS) is 24.8. The molecule has 2 aromatic heterocycles. The molecule has 0 unspecified atom stereocenters. The van der Waals surface area contributed by atoms with Crippen molar-refractivity contribution >= 4 is 34.4 Å². The third kappa shape index (κ3) is 5.09. The van der Waals surface area contributed by atoms with Crippen molar-refractivity contribution in [3.05, 3.63) is 17.2 Å². The lowest BCUT2D eigenvalue weighted by Gasteiger charge is -2.42. The molecule has 3 saturated heterocycles. The molecule has 1 saturated carbocycles. The van der Waals surface area contributed by atoms with Crippen LogP contribution in [0.4, 0.5) is 15.0 Å². The van der Waals surface area contributed by atoms with Gasteiger partial charge in [0.15, 0.2) is 11.0 Å². The van der Waals surface area contributed by atoms with Crippen LogP contribution in [0.25, 0.3) is 10.9 Å². The highest BCUT2D eigenvalue weighted by Crippen LogP contribution is 2.47. The van der Waals surface area contributed by atoms with Crippen LogP contribution in [0.5, 0.6) is 6.01 Å². The predicted octanol–water partition coefficient (Wildman–Crippen LogP) is 4.66. The molecule has 4 fully saturated rings. The smallest absolute Gasteiger partial charge is 0.410 e. The minimum Gasteiger partial charge on any atom is -0.463 e. The van der Waals surface area contributed by atoms with E-state index in [9.17, 15) is 4.79 Å². The summed E-state index contributed by atoms with van der Waals surface area (Å²) in [5, 5.41) is 0.262. The number of hydrogen-bond acceptors (Lipinski definition) is 8. The van der Waals surface area contributed by atoms with Gasteiger partial charge in [-0.2, -0.15) is 9.97 Å². The maximum atomic E-state index is 15.1. The van der Waals surface area contributed by atoms with Crippen LogP contribution in [0.2, 0.25) is 5.15 Å². The van der Waals surface area contributed by atoms with E-state index in [2.05, 4.69) is 19.8 Å². The van der Waals surface area contributed by atoms with Gasteiger partial charge in [0.1, 0.15) is 16.9 Å². The maximum Gasteiger partial charge on any atom is 0.410 e. The lowest BCUT2D eigenvalue weighted by molar-refractivity contribution is 0.0123. The van der Waals surface area contributed by atoms with Crippen molar-refractivity contribution in [2.24, 2.45) is 5.41 Å². The fourth-order valence-electron chi connectivity index (χ4n) is 6.15. The summed E-state index contributed by atoms with van der Waals surface area (Å²) in [6, 6.07) is 0.125. The molecule has 3 aliphatic heterocycles. The highest BCUT2D eigenvalue weighted by atomic mass is 35.5. The molecule has 206 valence electrons. The summed E-state index contributed by atoms with van der Waals surface area (Å²) >= 11 is 6.03. The number of hydrogen-bond donors (Lipinski definition) is 0. The lowest BCUT2D eigenvalue weighted by Crippen LogP contribution is -2.57. The van der Waals surface area contributed by atoms with E-state index in [-0.39, 0.29) is 40.3 Å². The highest BCUT2D eigenvalue weighted by Gasteiger charge is 2.46. The van der Waals surface area contributed by atoms with Crippen LogP contribution in [0.3, 0.4) is 0 Å². The van der Waals surface area contributed by atoms with Gasteiger partial charge in [0.05, 0.1) is 24.1 Å². The average molecular weight is 547 g/mol. The Kier molecular flexibility index (Phi) is 6.53. The van der Waals surface area contributed by atoms with E-state index in [0.717, 1.165) is 45.3 Å². The molecule has 0 spiro atoms. The zero-order valence-corrected chi connectivity index (χ0v) is 23.1. The molecular formula is C27H36ClFN6O3. The molecule has 6 rings (SSSR count). The molecule has 1 aliphatic carbocycles. The Labute approximate surface area is 227 Å². The summed E-state index contributed by atoms with van der Waals surface area (Å²) in [5.74, 6) is -0.107. The zero-order valence-electron chi connectivity index (χ0n) is 22.4. The van der Waals surface area contributed by atoms with Gasteiger partial charge in [-0.25, -0.2) is 14.2 Å². The van der Waals surface area contributed by atoms with Gasteiger partial charge in [-0.3, -0.25) is 4.90 Å². The van der Waals surface area contributed by atoms with Crippen LogP contribution < -0.4 is 9.64 Å². The fourth-order valence-corrected chi connectivity index (χ4v) is 6.29. The predicted molar refractivity (Wildman–Crippen MR) is 142 cm³/mol. The van der Waals surface area contributed by atoms with Crippen molar-refractivity contribution in [1.29, 1.82) is 0 Å². The fraction of sp³-hybridized carbons (Fsp3) is 0.704. The van der Waals surface area contributed by atoms with E-state index in [1.165, 1.54) is 19.0 Å². The van der Waals surface area contributed by atoms with Crippen molar-refractivity contribution in [1.82, 2.24) is 24.8 Å². The number of anilines is 1. The standard InChI is InChI=1S/C27H36ClFN6O3/c1-26(2,3)38-25(36)35-17-6-7-18(35)14-34(13-17)23-19-12-30-22(28)20(29)21(19)31-24(32-23)37-16-27(8-9-27)15-33-10-4-5-11-33/h12,17-18H,4-11,13-16H2,1-3H3/t17-,18+. The minimum atomic E-state index is -0.675. The number of nitrogens with zero attached hydrogens (tertiary/aromatic N) is 6. The van der Waals surface area contributed by atoms with Crippen molar-refractivity contribution in [3.8, 4) is 6.01 Å².